The summed E-state index contributed by atoms with van der Waals surface area (Å²) in [5, 5.41) is 9.72. The summed E-state index contributed by atoms with van der Waals surface area (Å²) in [5.74, 6) is 0.260. The van der Waals surface area contributed by atoms with E-state index >= 15 is 0 Å². The van der Waals surface area contributed by atoms with Crippen LogP contribution in [0.4, 0.5) is 0 Å². The molecule has 0 fully saturated rings. The SMILES string of the molecule is COC(=O)C1CCCn2c(-c3ccc(O)cc3)nc(Cl)c21. The molecule has 0 saturated carbocycles. The Kier molecular flexibility index (Phi) is 3.59. The molecule has 21 heavy (non-hydrogen) atoms. The Labute approximate surface area is 127 Å². The molecule has 0 amide bonds. The Morgan fingerprint density at radius 3 is 2.81 bits per heavy atom. The Morgan fingerprint density at radius 1 is 1.43 bits per heavy atom. The summed E-state index contributed by atoms with van der Waals surface area (Å²) in [5.41, 5.74) is 1.57. The number of rotatable bonds is 2. The number of ether oxygens (including phenoxy) is 1. The number of aromatic nitrogens is 2. The fraction of sp³-hybridized carbons (Fsp3) is 0.333. The molecule has 6 heteroatoms. The van der Waals surface area contributed by atoms with Crippen LogP contribution in [-0.4, -0.2) is 27.7 Å². The van der Waals surface area contributed by atoms with Crippen molar-refractivity contribution in [1.82, 2.24) is 9.55 Å². The Bertz CT molecular complexity index is 679. The lowest BCUT2D eigenvalue weighted by molar-refractivity contribution is -0.143. The number of carbonyl (C=O) groups is 1. The van der Waals surface area contributed by atoms with Gasteiger partial charge in [-0.3, -0.25) is 4.79 Å². The largest absolute Gasteiger partial charge is 0.508 e. The molecular weight excluding hydrogens is 292 g/mol. The number of nitrogens with zero attached hydrogens (tertiary/aromatic N) is 2. The van der Waals surface area contributed by atoms with Crippen LogP contribution >= 0.6 is 11.6 Å². The van der Waals surface area contributed by atoms with Crippen LogP contribution in [0.25, 0.3) is 11.4 Å². The number of aromatic hydroxyl groups is 1. The molecule has 0 aliphatic carbocycles. The summed E-state index contributed by atoms with van der Waals surface area (Å²) in [4.78, 5) is 16.3. The summed E-state index contributed by atoms with van der Waals surface area (Å²) < 4.78 is 6.83. The minimum absolute atomic E-state index is 0.197. The van der Waals surface area contributed by atoms with E-state index < -0.39 is 0 Å². The average Bonchev–Trinajstić information content (AvgIpc) is 2.85. The molecule has 1 atom stereocenters. The van der Waals surface area contributed by atoms with Crippen molar-refractivity contribution in [2.24, 2.45) is 0 Å². The number of benzene rings is 1. The van der Waals surface area contributed by atoms with Gasteiger partial charge >= 0.3 is 5.97 Å². The third-order valence-corrected chi connectivity index (χ3v) is 4.06. The molecule has 5 nitrogen and oxygen atoms in total. The first kappa shape index (κ1) is 13.9. The van der Waals surface area contributed by atoms with Crippen molar-refractivity contribution < 1.29 is 14.6 Å². The zero-order chi connectivity index (χ0) is 15.0. The first-order valence-corrected chi connectivity index (χ1v) is 7.12. The van der Waals surface area contributed by atoms with Gasteiger partial charge in [-0.25, -0.2) is 4.98 Å². The number of phenols is 1. The van der Waals surface area contributed by atoms with Gasteiger partial charge in [0.05, 0.1) is 12.8 Å². The number of phenolic OH excluding ortho intramolecular Hbond substituents is 1. The van der Waals surface area contributed by atoms with Crippen molar-refractivity contribution in [3.8, 4) is 17.1 Å². The second-order valence-electron chi connectivity index (χ2n) is 5.03. The normalized spacial score (nSPS) is 17.3. The summed E-state index contributed by atoms with van der Waals surface area (Å²) >= 11 is 6.25. The third-order valence-electron chi connectivity index (χ3n) is 3.78. The van der Waals surface area contributed by atoms with Crippen molar-refractivity contribution in [3.63, 3.8) is 0 Å². The monoisotopic (exact) mass is 306 g/mol. The molecule has 0 saturated heterocycles. The maximum Gasteiger partial charge on any atom is 0.314 e. The molecule has 2 aromatic rings. The molecule has 1 aromatic heterocycles. The lowest BCUT2D eigenvalue weighted by Crippen LogP contribution is -2.23. The van der Waals surface area contributed by atoms with Crippen molar-refractivity contribution in [2.45, 2.75) is 25.3 Å². The molecule has 110 valence electrons. The third kappa shape index (κ3) is 2.38. The Morgan fingerprint density at radius 2 is 2.14 bits per heavy atom. The van der Waals surface area contributed by atoms with Crippen molar-refractivity contribution >= 4 is 17.6 Å². The van der Waals surface area contributed by atoms with E-state index in [1.807, 2.05) is 4.57 Å². The number of imidazole rings is 1. The van der Waals surface area contributed by atoms with Gasteiger partial charge in [0.2, 0.25) is 0 Å². The van der Waals surface area contributed by atoms with E-state index in [-0.39, 0.29) is 17.6 Å². The molecule has 0 radical (unpaired) electrons. The number of esters is 1. The van der Waals surface area contributed by atoms with Crippen LogP contribution in [0.3, 0.4) is 0 Å². The summed E-state index contributed by atoms with van der Waals surface area (Å²) in [6, 6.07) is 6.77. The van der Waals surface area contributed by atoms with Gasteiger partial charge in [0.15, 0.2) is 5.15 Å². The maximum atomic E-state index is 11.9. The molecule has 1 N–H and O–H groups in total. The lowest BCUT2D eigenvalue weighted by atomic mass is 9.96. The summed E-state index contributed by atoms with van der Waals surface area (Å²) in [6.45, 7) is 0.763. The zero-order valence-electron chi connectivity index (χ0n) is 11.5. The van der Waals surface area contributed by atoms with Gasteiger partial charge in [-0.05, 0) is 37.1 Å². The van der Waals surface area contributed by atoms with E-state index in [9.17, 15) is 9.90 Å². The van der Waals surface area contributed by atoms with Crippen molar-refractivity contribution in [2.75, 3.05) is 7.11 Å². The molecule has 1 aromatic carbocycles. The Hall–Kier alpha value is -2.01. The minimum atomic E-state index is -0.366. The molecule has 2 heterocycles. The highest BCUT2D eigenvalue weighted by Gasteiger charge is 2.33. The second-order valence-corrected chi connectivity index (χ2v) is 5.39. The van der Waals surface area contributed by atoms with Crippen LogP contribution in [0.1, 0.15) is 24.5 Å². The van der Waals surface area contributed by atoms with Crippen LogP contribution in [-0.2, 0) is 16.1 Å². The predicted molar refractivity (Wildman–Crippen MR) is 78.3 cm³/mol. The van der Waals surface area contributed by atoms with Crippen molar-refractivity contribution in [1.29, 1.82) is 0 Å². The van der Waals surface area contributed by atoms with Crippen LogP contribution in [0.15, 0.2) is 24.3 Å². The molecule has 0 bridgehead atoms. The topological polar surface area (TPSA) is 64.3 Å². The molecule has 0 spiro atoms. The highest BCUT2D eigenvalue weighted by Crippen LogP contribution is 2.37. The summed E-state index contributed by atoms with van der Waals surface area (Å²) in [7, 11) is 1.38. The van der Waals surface area contributed by atoms with Crippen LogP contribution in [0, 0.1) is 0 Å². The van der Waals surface area contributed by atoms with E-state index in [4.69, 9.17) is 16.3 Å². The molecule has 1 aliphatic heterocycles. The summed E-state index contributed by atoms with van der Waals surface area (Å²) in [6.07, 6.45) is 1.58. The average molecular weight is 307 g/mol. The molecular formula is C15H15ClN2O3. The zero-order valence-corrected chi connectivity index (χ0v) is 12.3. The van der Waals surface area contributed by atoms with Gasteiger partial charge in [-0.2, -0.15) is 0 Å². The molecule has 1 unspecified atom stereocenters. The molecule has 1 aliphatic rings. The van der Waals surface area contributed by atoms with E-state index in [2.05, 4.69) is 4.98 Å². The van der Waals surface area contributed by atoms with Gasteiger partial charge in [-0.1, -0.05) is 11.6 Å². The smallest absolute Gasteiger partial charge is 0.314 e. The van der Waals surface area contributed by atoms with E-state index in [0.29, 0.717) is 17.4 Å². The van der Waals surface area contributed by atoms with Gasteiger partial charge in [-0.15, -0.1) is 0 Å². The highest BCUT2D eigenvalue weighted by molar-refractivity contribution is 6.30. The second kappa shape index (κ2) is 5.41. The first-order chi connectivity index (χ1) is 10.1. The fourth-order valence-corrected chi connectivity index (χ4v) is 3.10. The lowest BCUT2D eigenvalue weighted by Gasteiger charge is -2.23. The first-order valence-electron chi connectivity index (χ1n) is 6.75. The van der Waals surface area contributed by atoms with E-state index in [1.54, 1.807) is 24.3 Å². The molecule has 3 rings (SSSR count). The van der Waals surface area contributed by atoms with Gasteiger partial charge in [0.25, 0.3) is 0 Å². The number of fused-ring (bicyclic) bond motifs is 1. The maximum absolute atomic E-state index is 11.9. The number of methoxy groups -OCH3 is 1. The van der Waals surface area contributed by atoms with Crippen molar-refractivity contribution in [3.05, 3.63) is 35.1 Å². The van der Waals surface area contributed by atoms with Gasteiger partial charge in [0, 0.05) is 12.1 Å². The fourth-order valence-electron chi connectivity index (χ4n) is 2.79. The Balaban J connectivity index is 2.10. The minimum Gasteiger partial charge on any atom is -0.508 e. The van der Waals surface area contributed by atoms with Gasteiger partial charge in [0.1, 0.15) is 17.5 Å². The number of hydrogen-bond acceptors (Lipinski definition) is 4. The quantitative estimate of drug-likeness (QED) is 0.866. The van der Waals surface area contributed by atoms with Crippen LogP contribution in [0.5, 0.6) is 5.75 Å². The van der Waals surface area contributed by atoms with Crippen LogP contribution < -0.4 is 0 Å². The van der Waals surface area contributed by atoms with E-state index in [0.717, 1.165) is 24.2 Å². The van der Waals surface area contributed by atoms with Gasteiger partial charge < -0.3 is 14.4 Å². The number of carbonyl (C=O) groups excluding carboxylic acids is 1. The number of halogens is 1. The standard InChI is InChI=1S/C15H15ClN2O3/c1-21-15(20)11-3-2-8-18-12(11)13(16)17-14(18)9-4-6-10(19)7-5-9/h4-7,11,19H,2-3,8H2,1H3. The van der Waals surface area contributed by atoms with E-state index in [1.165, 1.54) is 7.11 Å². The highest BCUT2D eigenvalue weighted by atomic mass is 35.5. The predicted octanol–water partition coefficient (Wildman–Crippen LogP) is 2.96. The van der Waals surface area contributed by atoms with Crippen LogP contribution in [0.2, 0.25) is 5.15 Å². The number of hydrogen-bond donors (Lipinski definition) is 1.